The Bertz CT molecular complexity index is 826. The Morgan fingerprint density at radius 2 is 1.79 bits per heavy atom. The Morgan fingerprint density at radius 3 is 2.50 bits per heavy atom. The molecule has 0 bridgehead atoms. The van der Waals surface area contributed by atoms with Gasteiger partial charge in [0.05, 0.1) is 6.42 Å². The van der Waals surface area contributed by atoms with Crippen molar-refractivity contribution in [2.75, 3.05) is 10.6 Å². The average molecular weight is 338 g/mol. The molecule has 0 unspecified atom stereocenters. The summed E-state index contributed by atoms with van der Waals surface area (Å²) in [5.74, 6) is 0.520. The lowest BCUT2D eigenvalue weighted by atomic mass is 10.2. The first-order valence-corrected chi connectivity index (χ1v) is 8.48. The maximum Gasteiger partial charge on any atom is 0.229 e. The van der Waals surface area contributed by atoms with Crippen LogP contribution in [0.3, 0.4) is 0 Å². The van der Waals surface area contributed by atoms with Crippen LogP contribution in [0.4, 0.5) is 17.3 Å². The number of benzene rings is 1. The Balaban J connectivity index is 1.68. The van der Waals surface area contributed by atoms with E-state index in [-0.39, 0.29) is 5.91 Å². The van der Waals surface area contributed by atoms with E-state index in [1.807, 2.05) is 61.7 Å². The summed E-state index contributed by atoms with van der Waals surface area (Å²) >= 11 is 1.58. The van der Waals surface area contributed by atoms with Crippen LogP contribution in [0.2, 0.25) is 0 Å². The topological polar surface area (TPSA) is 66.9 Å². The number of anilines is 3. The highest BCUT2D eigenvalue weighted by Crippen LogP contribution is 2.19. The molecule has 0 aliphatic rings. The summed E-state index contributed by atoms with van der Waals surface area (Å²) in [6.07, 6.45) is 0.384. The van der Waals surface area contributed by atoms with Crippen molar-refractivity contribution in [3.8, 4) is 0 Å². The molecule has 2 N–H and O–H groups in total. The van der Waals surface area contributed by atoms with Crippen LogP contribution in [0, 0.1) is 13.8 Å². The highest BCUT2D eigenvalue weighted by Gasteiger charge is 2.06. The van der Waals surface area contributed by atoms with E-state index in [0.29, 0.717) is 12.4 Å². The number of aromatic nitrogens is 2. The third kappa shape index (κ3) is 4.39. The quantitative estimate of drug-likeness (QED) is 0.735. The summed E-state index contributed by atoms with van der Waals surface area (Å²) in [6, 6.07) is 13.3. The fourth-order valence-electron chi connectivity index (χ4n) is 2.36. The van der Waals surface area contributed by atoms with Crippen molar-refractivity contribution < 1.29 is 4.79 Å². The summed E-state index contributed by atoms with van der Waals surface area (Å²) in [6.45, 7) is 3.86. The van der Waals surface area contributed by atoms with E-state index in [1.165, 1.54) is 0 Å². The van der Waals surface area contributed by atoms with Crippen LogP contribution < -0.4 is 10.6 Å². The van der Waals surface area contributed by atoms with Crippen LogP contribution in [0.1, 0.15) is 16.3 Å². The van der Waals surface area contributed by atoms with Gasteiger partial charge in [-0.15, -0.1) is 11.3 Å². The zero-order valence-corrected chi connectivity index (χ0v) is 14.4. The molecule has 3 rings (SSSR count). The molecule has 0 saturated heterocycles. The van der Waals surface area contributed by atoms with Crippen LogP contribution in [-0.2, 0) is 11.2 Å². The molecule has 6 heteroatoms. The SMILES string of the molecule is Cc1cc(C)nc(Nc2cccc(NC(=O)Cc3cccs3)c2)n1. The normalized spacial score (nSPS) is 10.4. The van der Waals surface area contributed by atoms with Gasteiger partial charge in [-0.25, -0.2) is 9.97 Å². The van der Waals surface area contributed by atoms with E-state index in [4.69, 9.17) is 0 Å². The molecule has 24 heavy (non-hydrogen) atoms. The number of nitrogens with one attached hydrogen (secondary N) is 2. The molecule has 1 amide bonds. The maximum absolute atomic E-state index is 12.1. The summed E-state index contributed by atoms with van der Waals surface area (Å²) < 4.78 is 0. The van der Waals surface area contributed by atoms with Gasteiger partial charge in [-0.2, -0.15) is 0 Å². The third-order valence-corrected chi connectivity index (χ3v) is 4.18. The number of carbonyl (C=O) groups excluding carboxylic acids is 1. The Hall–Kier alpha value is -2.73. The van der Waals surface area contributed by atoms with E-state index in [2.05, 4.69) is 20.6 Å². The van der Waals surface area contributed by atoms with Gasteiger partial charge in [0, 0.05) is 27.6 Å². The standard InChI is InChI=1S/C18H18N4OS/c1-12-9-13(2)20-18(19-12)22-15-6-3-5-14(10-15)21-17(23)11-16-7-4-8-24-16/h3-10H,11H2,1-2H3,(H,21,23)(H,19,20,22). The highest BCUT2D eigenvalue weighted by atomic mass is 32.1. The molecule has 5 nitrogen and oxygen atoms in total. The molecule has 2 aromatic heterocycles. The smallest absolute Gasteiger partial charge is 0.229 e. The minimum Gasteiger partial charge on any atom is -0.326 e. The van der Waals surface area contributed by atoms with Gasteiger partial charge in [0.25, 0.3) is 0 Å². The first-order valence-electron chi connectivity index (χ1n) is 7.60. The summed E-state index contributed by atoms with van der Waals surface area (Å²) in [5, 5.41) is 8.06. The monoisotopic (exact) mass is 338 g/mol. The molecule has 3 aromatic rings. The number of rotatable bonds is 5. The first kappa shape index (κ1) is 16.1. The Morgan fingerprint density at radius 1 is 1.04 bits per heavy atom. The van der Waals surface area contributed by atoms with Crippen molar-refractivity contribution in [2.45, 2.75) is 20.3 Å². The minimum atomic E-state index is -0.0303. The number of hydrogen-bond acceptors (Lipinski definition) is 5. The van der Waals surface area contributed by atoms with E-state index >= 15 is 0 Å². The predicted molar refractivity (Wildman–Crippen MR) is 97.9 cm³/mol. The molecule has 0 aliphatic carbocycles. The van der Waals surface area contributed by atoms with E-state index in [0.717, 1.165) is 27.6 Å². The van der Waals surface area contributed by atoms with Gasteiger partial charge in [0.15, 0.2) is 0 Å². The molecule has 0 atom stereocenters. The fraction of sp³-hybridized carbons (Fsp3) is 0.167. The average Bonchev–Trinajstić information content (AvgIpc) is 2.99. The summed E-state index contributed by atoms with van der Waals surface area (Å²) in [4.78, 5) is 21.9. The van der Waals surface area contributed by atoms with E-state index in [1.54, 1.807) is 11.3 Å². The first-order chi connectivity index (χ1) is 11.6. The van der Waals surface area contributed by atoms with Gasteiger partial charge >= 0.3 is 0 Å². The Labute approximate surface area is 144 Å². The van der Waals surface area contributed by atoms with Crippen LogP contribution in [0.5, 0.6) is 0 Å². The van der Waals surface area contributed by atoms with E-state index < -0.39 is 0 Å². The molecule has 122 valence electrons. The number of amides is 1. The van der Waals surface area contributed by atoms with Crippen molar-refractivity contribution in [3.63, 3.8) is 0 Å². The second-order valence-corrected chi connectivity index (χ2v) is 6.52. The van der Waals surface area contributed by atoms with Crippen LogP contribution in [-0.4, -0.2) is 15.9 Å². The van der Waals surface area contributed by atoms with Crippen molar-refractivity contribution in [1.82, 2.24) is 9.97 Å². The zero-order chi connectivity index (χ0) is 16.9. The molecular weight excluding hydrogens is 320 g/mol. The summed E-state index contributed by atoms with van der Waals surface area (Å²) in [7, 11) is 0. The molecule has 0 fully saturated rings. The molecule has 0 aliphatic heterocycles. The van der Waals surface area contributed by atoms with Gasteiger partial charge < -0.3 is 10.6 Å². The largest absolute Gasteiger partial charge is 0.326 e. The molecule has 2 heterocycles. The maximum atomic E-state index is 12.1. The Kier molecular flexibility index (Phi) is 4.86. The summed E-state index contributed by atoms with van der Waals surface area (Å²) in [5.41, 5.74) is 3.38. The van der Waals surface area contributed by atoms with Gasteiger partial charge in [-0.1, -0.05) is 12.1 Å². The predicted octanol–water partition coefficient (Wildman–Crippen LogP) is 4.08. The second kappa shape index (κ2) is 7.23. The lowest BCUT2D eigenvalue weighted by Crippen LogP contribution is -2.13. The lowest BCUT2D eigenvalue weighted by Gasteiger charge is -2.09. The lowest BCUT2D eigenvalue weighted by molar-refractivity contribution is -0.115. The molecule has 0 spiro atoms. The van der Waals surface area contributed by atoms with Gasteiger partial charge in [0.1, 0.15) is 0 Å². The number of aryl methyl sites for hydroxylation is 2. The molecule has 0 saturated carbocycles. The number of carbonyl (C=O) groups is 1. The van der Waals surface area contributed by atoms with Crippen LogP contribution >= 0.6 is 11.3 Å². The van der Waals surface area contributed by atoms with Crippen molar-refractivity contribution >= 4 is 34.6 Å². The highest BCUT2D eigenvalue weighted by molar-refractivity contribution is 7.10. The molecular formula is C18H18N4OS. The number of thiophene rings is 1. The molecule has 0 radical (unpaired) electrons. The minimum absolute atomic E-state index is 0.0303. The van der Waals surface area contributed by atoms with Crippen molar-refractivity contribution in [3.05, 3.63) is 64.1 Å². The van der Waals surface area contributed by atoms with Crippen LogP contribution in [0.15, 0.2) is 47.8 Å². The van der Waals surface area contributed by atoms with Crippen molar-refractivity contribution in [1.29, 1.82) is 0 Å². The van der Waals surface area contributed by atoms with Gasteiger partial charge in [-0.05, 0) is 49.6 Å². The van der Waals surface area contributed by atoms with Gasteiger partial charge in [0.2, 0.25) is 11.9 Å². The van der Waals surface area contributed by atoms with Crippen molar-refractivity contribution in [2.24, 2.45) is 0 Å². The van der Waals surface area contributed by atoms with E-state index in [9.17, 15) is 4.79 Å². The second-order valence-electron chi connectivity index (χ2n) is 5.48. The third-order valence-electron chi connectivity index (χ3n) is 3.30. The van der Waals surface area contributed by atoms with Gasteiger partial charge in [-0.3, -0.25) is 4.79 Å². The number of nitrogens with zero attached hydrogens (tertiary/aromatic N) is 2. The van der Waals surface area contributed by atoms with Crippen LogP contribution in [0.25, 0.3) is 0 Å². The zero-order valence-electron chi connectivity index (χ0n) is 13.5. The number of hydrogen-bond donors (Lipinski definition) is 2. The molecule has 1 aromatic carbocycles. The fourth-order valence-corrected chi connectivity index (χ4v) is 3.07.